The molecular formula is C9H12ClN3O. The number of nitrogens with zero attached hydrogens (tertiary/aromatic N) is 2. The molecule has 14 heavy (non-hydrogen) atoms. The summed E-state index contributed by atoms with van der Waals surface area (Å²) in [6.45, 7) is 1.40. The number of β-amino-alcohol motifs (C(OH)–C–C–N with tert-alkyl or cyclic N) is 1. The predicted molar refractivity (Wildman–Crippen MR) is 56.5 cm³/mol. The number of aliphatic hydroxyl groups is 1. The van der Waals surface area contributed by atoms with E-state index >= 15 is 0 Å². The Bertz CT molecular complexity index is 325. The Morgan fingerprint density at radius 3 is 2.93 bits per heavy atom. The minimum atomic E-state index is -0.267. The van der Waals surface area contributed by atoms with E-state index < -0.39 is 0 Å². The average Bonchev–Trinajstić information content (AvgIpc) is 2.50. The Balaban J connectivity index is 2.23. The summed E-state index contributed by atoms with van der Waals surface area (Å²) in [6.07, 6.45) is 0.505. The van der Waals surface area contributed by atoms with E-state index in [4.69, 9.17) is 17.3 Å². The smallest absolute Gasteiger partial charge is 0.133 e. The second-order valence-electron chi connectivity index (χ2n) is 3.47. The number of hydrogen-bond donors (Lipinski definition) is 2. The third-order valence-electron chi connectivity index (χ3n) is 2.29. The van der Waals surface area contributed by atoms with E-state index in [1.807, 2.05) is 4.90 Å². The molecular weight excluding hydrogens is 202 g/mol. The number of pyridine rings is 1. The summed E-state index contributed by atoms with van der Waals surface area (Å²) in [4.78, 5) is 6.13. The molecule has 76 valence electrons. The van der Waals surface area contributed by atoms with Crippen molar-refractivity contribution in [2.24, 2.45) is 0 Å². The molecule has 3 N–H and O–H groups in total. The largest absolute Gasteiger partial charge is 0.399 e. The number of halogens is 1. The topological polar surface area (TPSA) is 62.4 Å². The van der Waals surface area contributed by atoms with E-state index in [0.717, 1.165) is 18.8 Å². The molecule has 0 aliphatic carbocycles. The van der Waals surface area contributed by atoms with Crippen molar-refractivity contribution in [3.63, 3.8) is 0 Å². The van der Waals surface area contributed by atoms with Gasteiger partial charge in [-0.05, 0) is 12.5 Å². The van der Waals surface area contributed by atoms with Crippen molar-refractivity contribution in [3.8, 4) is 0 Å². The first-order valence-electron chi connectivity index (χ1n) is 4.51. The molecule has 0 spiro atoms. The standard InChI is InChI=1S/C9H12ClN3O/c10-8-3-6(11)4-9(12-8)13-2-1-7(14)5-13/h3-4,7,14H,1-2,5H2,(H2,11,12)/t7-/m1/s1. The van der Waals surface area contributed by atoms with Crippen molar-refractivity contribution >= 4 is 23.1 Å². The molecule has 1 aliphatic heterocycles. The summed E-state index contributed by atoms with van der Waals surface area (Å²) in [5.74, 6) is 0.742. The van der Waals surface area contributed by atoms with Crippen molar-refractivity contribution in [2.45, 2.75) is 12.5 Å². The minimum absolute atomic E-state index is 0.267. The number of anilines is 2. The zero-order valence-electron chi connectivity index (χ0n) is 7.65. The van der Waals surface area contributed by atoms with Gasteiger partial charge in [0.2, 0.25) is 0 Å². The van der Waals surface area contributed by atoms with E-state index in [9.17, 15) is 5.11 Å². The van der Waals surface area contributed by atoms with Gasteiger partial charge in [-0.3, -0.25) is 0 Å². The van der Waals surface area contributed by atoms with Crippen LogP contribution in [0.1, 0.15) is 6.42 Å². The Kier molecular flexibility index (Phi) is 2.48. The molecule has 0 bridgehead atoms. The Labute approximate surface area is 87.3 Å². The van der Waals surface area contributed by atoms with Crippen LogP contribution in [0.5, 0.6) is 0 Å². The van der Waals surface area contributed by atoms with Gasteiger partial charge >= 0.3 is 0 Å². The van der Waals surface area contributed by atoms with Gasteiger partial charge < -0.3 is 15.7 Å². The molecule has 1 aromatic rings. The monoisotopic (exact) mass is 213 g/mol. The highest BCUT2D eigenvalue weighted by Crippen LogP contribution is 2.22. The minimum Gasteiger partial charge on any atom is -0.399 e. The van der Waals surface area contributed by atoms with Crippen LogP contribution in [0.15, 0.2) is 12.1 Å². The van der Waals surface area contributed by atoms with Crippen LogP contribution in [0.4, 0.5) is 11.5 Å². The number of nitrogen functional groups attached to an aromatic ring is 1. The van der Waals surface area contributed by atoms with Crippen LogP contribution < -0.4 is 10.6 Å². The lowest BCUT2D eigenvalue weighted by atomic mass is 10.3. The fraction of sp³-hybridized carbons (Fsp3) is 0.444. The van der Waals surface area contributed by atoms with Crippen molar-refractivity contribution in [3.05, 3.63) is 17.3 Å². The van der Waals surface area contributed by atoms with Gasteiger partial charge in [-0.2, -0.15) is 0 Å². The first kappa shape index (κ1) is 9.55. The maximum absolute atomic E-state index is 9.37. The molecule has 4 nitrogen and oxygen atoms in total. The van der Waals surface area contributed by atoms with E-state index in [1.165, 1.54) is 0 Å². The maximum atomic E-state index is 9.37. The Morgan fingerprint density at radius 2 is 2.36 bits per heavy atom. The van der Waals surface area contributed by atoms with E-state index in [1.54, 1.807) is 12.1 Å². The number of hydrogen-bond acceptors (Lipinski definition) is 4. The summed E-state index contributed by atoms with van der Waals surface area (Å²) in [5.41, 5.74) is 6.25. The SMILES string of the molecule is Nc1cc(Cl)nc(N2CC[C@@H](O)C2)c1. The molecule has 0 unspecified atom stereocenters. The van der Waals surface area contributed by atoms with Crippen molar-refractivity contribution < 1.29 is 5.11 Å². The van der Waals surface area contributed by atoms with Crippen molar-refractivity contribution in [2.75, 3.05) is 23.7 Å². The van der Waals surface area contributed by atoms with Gasteiger partial charge in [-0.1, -0.05) is 11.6 Å². The normalized spacial score (nSPS) is 21.6. The highest BCUT2D eigenvalue weighted by atomic mass is 35.5. The highest BCUT2D eigenvalue weighted by Gasteiger charge is 2.21. The molecule has 5 heteroatoms. The summed E-state index contributed by atoms with van der Waals surface area (Å²) >= 11 is 5.78. The fourth-order valence-electron chi connectivity index (χ4n) is 1.61. The zero-order valence-corrected chi connectivity index (χ0v) is 8.41. The molecule has 1 saturated heterocycles. The maximum Gasteiger partial charge on any atom is 0.133 e. The van der Waals surface area contributed by atoms with Crippen LogP contribution >= 0.6 is 11.6 Å². The van der Waals surface area contributed by atoms with Gasteiger partial charge in [-0.15, -0.1) is 0 Å². The second-order valence-corrected chi connectivity index (χ2v) is 3.86. The van der Waals surface area contributed by atoms with E-state index in [0.29, 0.717) is 17.4 Å². The first-order chi connectivity index (χ1) is 6.65. The molecule has 1 aliphatic rings. The van der Waals surface area contributed by atoms with Crippen LogP contribution in [0.3, 0.4) is 0 Å². The number of aromatic nitrogens is 1. The molecule has 1 fully saturated rings. The quantitative estimate of drug-likeness (QED) is 0.681. The lowest BCUT2D eigenvalue weighted by Crippen LogP contribution is -2.22. The summed E-state index contributed by atoms with van der Waals surface area (Å²) in [5, 5.41) is 9.76. The molecule has 0 saturated carbocycles. The van der Waals surface area contributed by atoms with Crippen molar-refractivity contribution in [1.82, 2.24) is 4.98 Å². The molecule has 1 aromatic heterocycles. The second kappa shape index (κ2) is 3.63. The summed E-state index contributed by atoms with van der Waals surface area (Å²) in [6, 6.07) is 3.38. The molecule has 2 heterocycles. The van der Waals surface area contributed by atoms with Gasteiger partial charge in [0.25, 0.3) is 0 Å². The van der Waals surface area contributed by atoms with Crippen LogP contribution in [0.25, 0.3) is 0 Å². The third kappa shape index (κ3) is 1.91. The lowest BCUT2D eigenvalue weighted by molar-refractivity contribution is 0.198. The van der Waals surface area contributed by atoms with Gasteiger partial charge in [0.1, 0.15) is 11.0 Å². The van der Waals surface area contributed by atoms with Gasteiger partial charge in [0.15, 0.2) is 0 Å². The van der Waals surface area contributed by atoms with Crippen LogP contribution in [-0.4, -0.2) is 29.3 Å². The highest BCUT2D eigenvalue weighted by molar-refractivity contribution is 6.29. The van der Waals surface area contributed by atoms with Crippen LogP contribution in [0, 0.1) is 0 Å². The number of aliphatic hydroxyl groups excluding tert-OH is 1. The number of nitrogens with two attached hydrogens (primary N) is 1. The molecule has 0 radical (unpaired) electrons. The zero-order chi connectivity index (χ0) is 10.1. The van der Waals surface area contributed by atoms with Gasteiger partial charge in [0.05, 0.1) is 6.10 Å². The predicted octanol–water partition coefficient (Wildman–Crippen LogP) is 0.888. The third-order valence-corrected chi connectivity index (χ3v) is 2.48. The molecule has 1 atom stereocenters. The molecule has 0 aromatic carbocycles. The summed E-state index contributed by atoms with van der Waals surface area (Å²) < 4.78 is 0. The van der Waals surface area contributed by atoms with Crippen LogP contribution in [0.2, 0.25) is 5.15 Å². The van der Waals surface area contributed by atoms with Crippen molar-refractivity contribution in [1.29, 1.82) is 0 Å². The first-order valence-corrected chi connectivity index (χ1v) is 4.89. The summed E-state index contributed by atoms with van der Waals surface area (Å²) in [7, 11) is 0. The Morgan fingerprint density at radius 1 is 1.57 bits per heavy atom. The number of rotatable bonds is 1. The molecule has 0 amide bonds. The Hall–Kier alpha value is -1.00. The lowest BCUT2D eigenvalue weighted by Gasteiger charge is -2.16. The van der Waals surface area contributed by atoms with E-state index in [2.05, 4.69) is 4.98 Å². The van der Waals surface area contributed by atoms with Gasteiger partial charge in [-0.25, -0.2) is 4.98 Å². The van der Waals surface area contributed by atoms with Crippen LogP contribution in [-0.2, 0) is 0 Å². The van der Waals surface area contributed by atoms with E-state index in [-0.39, 0.29) is 6.10 Å². The van der Waals surface area contributed by atoms with Gasteiger partial charge in [0, 0.05) is 24.8 Å². The average molecular weight is 214 g/mol. The fourth-order valence-corrected chi connectivity index (χ4v) is 1.83. The molecule has 2 rings (SSSR count).